The minimum Gasteiger partial charge on any atom is -0.464 e. The molecular weight excluding hydrogens is 390 g/mol. The van der Waals surface area contributed by atoms with Crippen molar-refractivity contribution in [2.45, 2.75) is 0 Å². The minimum atomic E-state index is 0.250. The third kappa shape index (κ3) is 4.40. The van der Waals surface area contributed by atoms with Gasteiger partial charge in [-0.15, -0.1) is 5.10 Å². The Morgan fingerprint density at radius 1 is 0.710 bits per heavy atom. The van der Waals surface area contributed by atoms with Crippen LogP contribution in [0.1, 0.15) is 0 Å². The van der Waals surface area contributed by atoms with E-state index in [9.17, 15) is 0 Å². The first-order valence-corrected chi connectivity index (χ1v) is 9.51. The average Bonchev–Trinajstić information content (AvgIpc) is 3.52. The highest BCUT2D eigenvalue weighted by Crippen LogP contribution is 2.28. The highest BCUT2D eigenvalue weighted by atomic mass is 16.3. The fraction of sp³-hybridized carbons (Fsp3) is 0. The SMILES string of the molecule is O=C=O.c1ccc(-c2nc(-c3cccc(-c4ccco4)c3)nn2-c2ccccc2)cc1. The zero-order valence-corrected chi connectivity index (χ0v) is 16.4. The zero-order chi connectivity index (χ0) is 21.5. The summed E-state index contributed by atoms with van der Waals surface area (Å²) >= 11 is 0. The van der Waals surface area contributed by atoms with Crippen LogP contribution in [0.15, 0.2) is 108 Å². The smallest absolute Gasteiger partial charge is 0.373 e. The van der Waals surface area contributed by atoms with Crippen molar-refractivity contribution in [3.8, 4) is 39.8 Å². The molecule has 3 aromatic carbocycles. The molecule has 0 saturated carbocycles. The van der Waals surface area contributed by atoms with E-state index in [-0.39, 0.29) is 6.15 Å². The molecular formula is C25H17N3O3. The number of furan rings is 1. The van der Waals surface area contributed by atoms with Gasteiger partial charge in [-0.2, -0.15) is 9.59 Å². The summed E-state index contributed by atoms with van der Waals surface area (Å²) in [6, 6.07) is 32.1. The summed E-state index contributed by atoms with van der Waals surface area (Å²) < 4.78 is 7.43. The number of carbonyl (C=O) groups excluding carboxylic acids is 2. The predicted octanol–water partition coefficient (Wildman–Crippen LogP) is 5.28. The molecule has 0 aliphatic rings. The second-order valence-electron chi connectivity index (χ2n) is 6.51. The van der Waals surface area contributed by atoms with E-state index < -0.39 is 0 Å². The summed E-state index contributed by atoms with van der Waals surface area (Å²) in [5.41, 5.74) is 3.94. The molecule has 6 nitrogen and oxygen atoms in total. The van der Waals surface area contributed by atoms with Gasteiger partial charge in [0.15, 0.2) is 11.6 Å². The highest BCUT2D eigenvalue weighted by molar-refractivity contribution is 5.69. The Morgan fingerprint density at radius 2 is 1.35 bits per heavy atom. The molecule has 0 bridgehead atoms. The van der Waals surface area contributed by atoms with Crippen molar-refractivity contribution < 1.29 is 14.0 Å². The van der Waals surface area contributed by atoms with Crippen LogP contribution in [0.2, 0.25) is 0 Å². The third-order valence-electron chi connectivity index (χ3n) is 4.57. The van der Waals surface area contributed by atoms with E-state index in [1.54, 1.807) is 6.26 Å². The monoisotopic (exact) mass is 407 g/mol. The van der Waals surface area contributed by atoms with Crippen LogP contribution in [-0.2, 0) is 9.59 Å². The lowest BCUT2D eigenvalue weighted by atomic mass is 10.1. The summed E-state index contributed by atoms with van der Waals surface area (Å²) in [7, 11) is 0. The van der Waals surface area contributed by atoms with Crippen LogP contribution >= 0.6 is 0 Å². The van der Waals surface area contributed by atoms with Crippen molar-refractivity contribution in [3.63, 3.8) is 0 Å². The first kappa shape index (κ1) is 19.8. The number of benzene rings is 3. The van der Waals surface area contributed by atoms with Crippen LogP contribution in [-0.4, -0.2) is 20.9 Å². The molecule has 31 heavy (non-hydrogen) atoms. The van der Waals surface area contributed by atoms with Crippen molar-refractivity contribution in [1.82, 2.24) is 14.8 Å². The topological polar surface area (TPSA) is 78.0 Å². The number of aromatic nitrogens is 3. The quantitative estimate of drug-likeness (QED) is 0.405. The summed E-state index contributed by atoms with van der Waals surface area (Å²) in [5, 5.41) is 4.82. The standard InChI is InChI=1S/C24H17N3O.CO2/c1-3-9-18(10-4-1)24-25-23(26-27(24)21-13-5-2-6-14-21)20-12-7-11-19(17-20)22-15-8-16-28-22;2-1-3/h1-17H;. The Hall–Kier alpha value is -4.54. The van der Waals surface area contributed by atoms with Gasteiger partial charge in [0, 0.05) is 16.7 Å². The second kappa shape index (κ2) is 9.31. The van der Waals surface area contributed by atoms with Crippen LogP contribution in [0.5, 0.6) is 0 Å². The molecule has 6 heteroatoms. The van der Waals surface area contributed by atoms with Crippen LogP contribution in [0.25, 0.3) is 39.8 Å². The summed E-state index contributed by atoms with van der Waals surface area (Å²) in [5.74, 6) is 2.31. The van der Waals surface area contributed by atoms with E-state index in [1.807, 2.05) is 95.7 Å². The third-order valence-corrected chi connectivity index (χ3v) is 4.57. The number of hydrogen-bond donors (Lipinski definition) is 0. The molecule has 0 spiro atoms. The molecule has 5 rings (SSSR count). The maximum atomic E-state index is 8.12. The van der Waals surface area contributed by atoms with Gasteiger partial charge in [-0.1, -0.05) is 66.7 Å². The van der Waals surface area contributed by atoms with E-state index in [2.05, 4.69) is 6.07 Å². The van der Waals surface area contributed by atoms with Crippen molar-refractivity contribution in [3.05, 3.63) is 103 Å². The van der Waals surface area contributed by atoms with Gasteiger partial charge in [0.2, 0.25) is 0 Å². The van der Waals surface area contributed by atoms with Gasteiger partial charge < -0.3 is 4.42 Å². The molecule has 0 amide bonds. The Bertz CT molecular complexity index is 1230. The maximum absolute atomic E-state index is 8.12. The van der Waals surface area contributed by atoms with E-state index in [4.69, 9.17) is 24.1 Å². The molecule has 0 unspecified atom stereocenters. The van der Waals surface area contributed by atoms with Gasteiger partial charge in [0.25, 0.3) is 0 Å². The van der Waals surface area contributed by atoms with Crippen molar-refractivity contribution in [1.29, 1.82) is 0 Å². The van der Waals surface area contributed by atoms with E-state index in [0.717, 1.165) is 34.0 Å². The van der Waals surface area contributed by atoms with Crippen LogP contribution in [0.3, 0.4) is 0 Å². The lowest BCUT2D eigenvalue weighted by Gasteiger charge is -2.05. The van der Waals surface area contributed by atoms with Crippen LogP contribution < -0.4 is 0 Å². The second-order valence-corrected chi connectivity index (χ2v) is 6.51. The molecule has 5 aromatic rings. The van der Waals surface area contributed by atoms with E-state index in [0.29, 0.717) is 5.82 Å². The summed E-state index contributed by atoms with van der Waals surface area (Å²) in [4.78, 5) is 21.1. The van der Waals surface area contributed by atoms with Gasteiger partial charge in [0.1, 0.15) is 5.76 Å². The van der Waals surface area contributed by atoms with E-state index >= 15 is 0 Å². The average molecular weight is 407 g/mol. The Labute approximate surface area is 178 Å². The van der Waals surface area contributed by atoms with Crippen LogP contribution in [0, 0.1) is 0 Å². The molecule has 0 atom stereocenters. The number of rotatable bonds is 4. The molecule has 0 N–H and O–H groups in total. The molecule has 150 valence electrons. The van der Waals surface area contributed by atoms with Gasteiger partial charge in [0.05, 0.1) is 12.0 Å². The molecule has 0 fully saturated rings. The summed E-state index contributed by atoms with van der Waals surface area (Å²) in [6.07, 6.45) is 1.93. The first-order chi connectivity index (χ1) is 15.3. The van der Waals surface area contributed by atoms with E-state index in [1.165, 1.54) is 0 Å². The first-order valence-electron chi connectivity index (χ1n) is 9.51. The van der Waals surface area contributed by atoms with Gasteiger partial charge >= 0.3 is 6.15 Å². The normalized spacial score (nSPS) is 10.1. The maximum Gasteiger partial charge on any atom is 0.373 e. The van der Waals surface area contributed by atoms with Gasteiger partial charge in [-0.3, -0.25) is 0 Å². The molecule has 2 heterocycles. The highest BCUT2D eigenvalue weighted by Gasteiger charge is 2.15. The number of hydrogen-bond acceptors (Lipinski definition) is 5. The van der Waals surface area contributed by atoms with Crippen LogP contribution in [0.4, 0.5) is 0 Å². The number of para-hydroxylation sites is 1. The molecule has 0 aliphatic carbocycles. The lowest BCUT2D eigenvalue weighted by Crippen LogP contribution is -1.99. The Balaban J connectivity index is 0.000000730. The molecule has 0 aliphatic heterocycles. The zero-order valence-electron chi connectivity index (χ0n) is 16.4. The van der Waals surface area contributed by atoms with Crippen molar-refractivity contribution in [2.75, 3.05) is 0 Å². The fourth-order valence-electron chi connectivity index (χ4n) is 3.21. The van der Waals surface area contributed by atoms with Crippen molar-refractivity contribution in [2.24, 2.45) is 0 Å². The molecule has 2 aromatic heterocycles. The lowest BCUT2D eigenvalue weighted by molar-refractivity contribution is -0.191. The molecule has 0 saturated heterocycles. The minimum absolute atomic E-state index is 0.250. The number of nitrogens with zero attached hydrogens (tertiary/aromatic N) is 3. The Kier molecular flexibility index (Phi) is 5.93. The predicted molar refractivity (Wildman–Crippen MR) is 115 cm³/mol. The fourth-order valence-corrected chi connectivity index (χ4v) is 3.21. The van der Waals surface area contributed by atoms with Gasteiger partial charge in [-0.05, 0) is 30.3 Å². The molecule has 0 radical (unpaired) electrons. The largest absolute Gasteiger partial charge is 0.464 e. The van der Waals surface area contributed by atoms with Gasteiger partial charge in [-0.25, -0.2) is 9.67 Å². The van der Waals surface area contributed by atoms with Crippen molar-refractivity contribution >= 4 is 6.15 Å². The summed E-state index contributed by atoms with van der Waals surface area (Å²) in [6.45, 7) is 0. The Morgan fingerprint density at radius 3 is 2.03 bits per heavy atom.